The molecule has 1 N–H and O–H groups in total. The minimum Gasteiger partial charge on any atom is -0.458 e. The monoisotopic (exact) mass is 410 g/mol. The Morgan fingerprint density at radius 3 is 2.79 bits per heavy atom. The zero-order valence-electron chi connectivity index (χ0n) is 15.9. The van der Waals surface area contributed by atoms with Crippen LogP contribution in [0.4, 0.5) is 0 Å². The lowest BCUT2D eigenvalue weighted by Crippen LogP contribution is -2.44. The summed E-state index contributed by atoms with van der Waals surface area (Å²) in [6, 6.07) is 9.08. The van der Waals surface area contributed by atoms with Crippen LogP contribution < -0.4 is 5.56 Å². The first-order chi connectivity index (χ1) is 13.8. The van der Waals surface area contributed by atoms with Gasteiger partial charge in [0.05, 0.1) is 29.0 Å². The summed E-state index contributed by atoms with van der Waals surface area (Å²) in [6.45, 7) is 1.88. The largest absolute Gasteiger partial charge is 0.458 e. The molecule has 2 aliphatic rings. The van der Waals surface area contributed by atoms with Crippen molar-refractivity contribution in [3.8, 4) is 11.4 Å². The first kappa shape index (κ1) is 18.2. The van der Waals surface area contributed by atoms with E-state index in [2.05, 4.69) is 0 Å². The van der Waals surface area contributed by atoms with Crippen LogP contribution in [0.15, 0.2) is 40.0 Å². The summed E-state index contributed by atoms with van der Waals surface area (Å²) >= 11 is 0. The lowest BCUT2D eigenvalue weighted by molar-refractivity contribution is -0.172. The van der Waals surface area contributed by atoms with Gasteiger partial charge in [0.15, 0.2) is 5.60 Å². The van der Waals surface area contributed by atoms with Crippen LogP contribution >= 0.6 is 0 Å². The van der Waals surface area contributed by atoms with Crippen molar-refractivity contribution >= 4 is 27.7 Å². The van der Waals surface area contributed by atoms with Crippen LogP contribution in [0, 0.1) is 0 Å². The minimum absolute atomic E-state index is 0.108. The van der Waals surface area contributed by atoms with E-state index in [0.717, 1.165) is 16.5 Å². The highest BCUT2D eigenvalue weighted by Crippen LogP contribution is 2.38. The number of carbonyl (C=O) groups is 1. The Morgan fingerprint density at radius 1 is 1.28 bits per heavy atom. The summed E-state index contributed by atoms with van der Waals surface area (Å²) in [5.74, 6) is -0.735. The summed E-state index contributed by atoms with van der Waals surface area (Å²) < 4.78 is 18.5. The standard InChI is InChI=1S/C21H18N2O5S/c1-3-21(26)15-8-17-18-12(9-23(17)19(24)14(15)10-28-20(21)25)6-11-7-13(29(2)27)4-5-16(11)22-18/h4-8,26H,3,9-10H2,1-2H3/t21-,29?/m0/s1. The van der Waals surface area contributed by atoms with E-state index in [1.54, 1.807) is 29.9 Å². The molecule has 2 aliphatic heterocycles. The molecule has 0 radical (unpaired) electrons. The molecule has 2 atom stereocenters. The van der Waals surface area contributed by atoms with Crippen molar-refractivity contribution in [1.82, 2.24) is 9.55 Å². The molecule has 3 aromatic rings. The van der Waals surface area contributed by atoms with Gasteiger partial charge in [0.25, 0.3) is 5.56 Å². The first-order valence-electron chi connectivity index (χ1n) is 9.27. The average molecular weight is 410 g/mol. The van der Waals surface area contributed by atoms with Crippen LogP contribution in [0.25, 0.3) is 22.3 Å². The molecule has 4 heterocycles. The second kappa shape index (κ2) is 6.08. The highest BCUT2D eigenvalue weighted by atomic mass is 32.2. The Hall–Kier alpha value is -2.84. The predicted octanol–water partition coefficient (Wildman–Crippen LogP) is 1.82. The SMILES string of the molecule is CC[C@@]1(O)C(=O)OCc2c1cc1n(c2=O)Cc2cc3cc(S(C)=O)ccc3nc2-1. The molecule has 2 aromatic heterocycles. The minimum atomic E-state index is -1.83. The van der Waals surface area contributed by atoms with Crippen molar-refractivity contribution in [2.45, 2.75) is 37.0 Å². The quantitative estimate of drug-likeness (QED) is 0.506. The molecular weight excluding hydrogens is 392 g/mol. The molecule has 0 saturated carbocycles. The number of benzene rings is 1. The fraction of sp³-hybridized carbons (Fsp3) is 0.286. The highest BCUT2D eigenvalue weighted by Gasteiger charge is 2.45. The van der Waals surface area contributed by atoms with E-state index in [1.807, 2.05) is 18.2 Å². The van der Waals surface area contributed by atoms with E-state index < -0.39 is 22.4 Å². The second-order valence-corrected chi connectivity index (χ2v) is 8.79. The van der Waals surface area contributed by atoms with E-state index in [1.165, 1.54) is 0 Å². The molecule has 0 spiro atoms. The third-order valence-corrected chi connectivity index (χ3v) is 6.73. The maximum atomic E-state index is 13.1. The maximum Gasteiger partial charge on any atom is 0.343 e. The van der Waals surface area contributed by atoms with Crippen molar-refractivity contribution < 1.29 is 18.8 Å². The lowest BCUT2D eigenvalue weighted by Gasteiger charge is -2.31. The van der Waals surface area contributed by atoms with E-state index in [0.29, 0.717) is 34.0 Å². The van der Waals surface area contributed by atoms with Crippen molar-refractivity contribution in [2.24, 2.45) is 0 Å². The van der Waals surface area contributed by atoms with Gasteiger partial charge in [-0.1, -0.05) is 6.92 Å². The van der Waals surface area contributed by atoms with Crippen LogP contribution in [-0.4, -0.2) is 31.1 Å². The lowest BCUT2D eigenvalue weighted by atomic mass is 9.86. The average Bonchev–Trinajstić information content (AvgIpc) is 3.07. The number of fused-ring (bicyclic) bond motifs is 5. The summed E-state index contributed by atoms with van der Waals surface area (Å²) in [5.41, 5.74) is 1.31. The molecule has 5 rings (SSSR count). The van der Waals surface area contributed by atoms with Gasteiger partial charge in [-0.05, 0) is 36.8 Å². The summed E-state index contributed by atoms with van der Waals surface area (Å²) in [6.07, 6.45) is 1.73. The van der Waals surface area contributed by atoms with E-state index in [-0.39, 0.29) is 18.6 Å². The maximum absolute atomic E-state index is 13.1. The smallest absolute Gasteiger partial charge is 0.343 e. The van der Waals surface area contributed by atoms with Crippen LogP contribution in [-0.2, 0) is 39.1 Å². The normalized spacial score (nSPS) is 20.7. The number of nitrogens with zero attached hydrogens (tertiary/aromatic N) is 2. The summed E-state index contributed by atoms with van der Waals surface area (Å²) in [7, 11) is -1.10. The van der Waals surface area contributed by atoms with Crippen LogP contribution in [0.1, 0.15) is 30.0 Å². The fourth-order valence-electron chi connectivity index (χ4n) is 4.14. The van der Waals surface area contributed by atoms with Crippen LogP contribution in [0.3, 0.4) is 0 Å². The van der Waals surface area contributed by atoms with Gasteiger partial charge in [0.2, 0.25) is 0 Å². The molecule has 0 saturated heterocycles. The van der Waals surface area contributed by atoms with Crippen LogP contribution in [0.2, 0.25) is 0 Å². The third kappa shape index (κ3) is 2.45. The summed E-state index contributed by atoms with van der Waals surface area (Å²) in [5, 5.41) is 11.7. The zero-order chi connectivity index (χ0) is 20.5. The molecule has 148 valence electrons. The van der Waals surface area contributed by atoms with Gasteiger partial charge in [-0.2, -0.15) is 0 Å². The molecule has 7 nitrogen and oxygen atoms in total. The second-order valence-electron chi connectivity index (χ2n) is 7.41. The Labute approximate surface area is 168 Å². The van der Waals surface area contributed by atoms with E-state index in [9.17, 15) is 18.9 Å². The molecule has 8 heteroatoms. The first-order valence-corrected chi connectivity index (χ1v) is 10.8. The number of hydrogen-bond acceptors (Lipinski definition) is 6. The molecular formula is C21H18N2O5S. The van der Waals surface area contributed by atoms with Gasteiger partial charge < -0.3 is 14.4 Å². The number of carbonyl (C=O) groups excluding carboxylic acids is 1. The summed E-state index contributed by atoms with van der Waals surface area (Å²) in [4.78, 5) is 30.8. The van der Waals surface area contributed by atoms with Crippen molar-refractivity contribution in [3.63, 3.8) is 0 Å². The van der Waals surface area contributed by atoms with Gasteiger partial charge in [-0.3, -0.25) is 9.00 Å². The molecule has 29 heavy (non-hydrogen) atoms. The number of cyclic esters (lactones) is 1. The Kier molecular flexibility index (Phi) is 3.81. The third-order valence-electron chi connectivity index (χ3n) is 5.81. The van der Waals surface area contributed by atoms with Gasteiger partial charge in [-0.15, -0.1) is 0 Å². The van der Waals surface area contributed by atoms with Crippen molar-refractivity contribution in [3.05, 3.63) is 57.4 Å². The van der Waals surface area contributed by atoms with E-state index >= 15 is 0 Å². The molecule has 0 aliphatic carbocycles. The number of rotatable bonds is 2. The highest BCUT2D eigenvalue weighted by molar-refractivity contribution is 7.84. The topological polar surface area (TPSA) is 98.5 Å². The molecule has 0 amide bonds. The number of pyridine rings is 2. The van der Waals surface area contributed by atoms with Crippen molar-refractivity contribution in [2.75, 3.05) is 6.26 Å². The van der Waals surface area contributed by atoms with Crippen LogP contribution in [0.5, 0.6) is 0 Å². The zero-order valence-corrected chi connectivity index (χ0v) is 16.7. The number of hydrogen-bond donors (Lipinski definition) is 1. The molecule has 1 aromatic carbocycles. The number of aromatic nitrogens is 2. The number of esters is 1. The van der Waals surface area contributed by atoms with Gasteiger partial charge in [0, 0.05) is 38.5 Å². The number of aliphatic hydroxyl groups is 1. The van der Waals surface area contributed by atoms with Gasteiger partial charge in [-0.25, -0.2) is 9.78 Å². The van der Waals surface area contributed by atoms with Crippen molar-refractivity contribution in [1.29, 1.82) is 0 Å². The Morgan fingerprint density at radius 2 is 2.07 bits per heavy atom. The Bertz CT molecular complexity index is 1310. The molecule has 0 fully saturated rings. The Balaban J connectivity index is 1.75. The van der Waals surface area contributed by atoms with Gasteiger partial charge in [0.1, 0.15) is 6.61 Å². The predicted molar refractivity (Wildman–Crippen MR) is 107 cm³/mol. The molecule has 0 bridgehead atoms. The molecule has 1 unspecified atom stereocenters. The fourth-order valence-corrected chi connectivity index (χ4v) is 4.70. The van der Waals surface area contributed by atoms with E-state index in [4.69, 9.17) is 9.72 Å². The van der Waals surface area contributed by atoms with Gasteiger partial charge >= 0.3 is 5.97 Å². The number of ether oxygens (including phenoxy) is 1.